The Kier molecular flexibility index (Phi) is 1.71. The summed E-state index contributed by atoms with van der Waals surface area (Å²) in [5.41, 5.74) is 2.78. The van der Waals surface area contributed by atoms with Crippen LogP contribution < -0.4 is 0 Å². The van der Waals surface area contributed by atoms with Gasteiger partial charge in [-0.1, -0.05) is 6.07 Å². The van der Waals surface area contributed by atoms with Crippen molar-refractivity contribution in [1.82, 2.24) is 4.98 Å². The molecule has 62 valence electrons. The highest BCUT2D eigenvalue weighted by molar-refractivity contribution is 5.85. The van der Waals surface area contributed by atoms with Crippen LogP contribution in [0.2, 0.25) is 0 Å². The molecule has 0 fully saturated rings. The molecular formula is C11H8N2. The first kappa shape index (κ1) is 7.75. The number of nitrogens with zero attached hydrogens (tertiary/aromatic N) is 2. The fraction of sp³-hybridized carbons (Fsp3) is 0.0909. The molecule has 1 heterocycles. The average molecular weight is 168 g/mol. The standard InChI is InChI=1S/C11H8N2/c1-8-5-6-13-11-4-3-9(12-2)7-10(8)11/h3-7H,1H3. The van der Waals surface area contributed by atoms with Gasteiger partial charge in [-0.25, -0.2) is 4.85 Å². The molecule has 1 aromatic carbocycles. The lowest BCUT2D eigenvalue weighted by atomic mass is 10.1. The van der Waals surface area contributed by atoms with Gasteiger partial charge >= 0.3 is 0 Å². The van der Waals surface area contributed by atoms with E-state index in [0.717, 1.165) is 16.5 Å². The Morgan fingerprint density at radius 2 is 2.15 bits per heavy atom. The third kappa shape index (κ3) is 1.25. The molecule has 0 aliphatic rings. The van der Waals surface area contributed by atoms with E-state index in [4.69, 9.17) is 6.57 Å². The number of pyridine rings is 1. The quantitative estimate of drug-likeness (QED) is 0.552. The van der Waals surface area contributed by atoms with Crippen LogP contribution in [0.15, 0.2) is 30.5 Å². The van der Waals surface area contributed by atoms with Crippen LogP contribution in [-0.2, 0) is 0 Å². The summed E-state index contributed by atoms with van der Waals surface area (Å²) >= 11 is 0. The summed E-state index contributed by atoms with van der Waals surface area (Å²) in [5.74, 6) is 0. The predicted molar refractivity (Wildman–Crippen MR) is 52.7 cm³/mol. The van der Waals surface area contributed by atoms with Crippen LogP contribution >= 0.6 is 0 Å². The molecule has 0 atom stereocenters. The van der Waals surface area contributed by atoms with E-state index < -0.39 is 0 Å². The molecule has 0 spiro atoms. The van der Waals surface area contributed by atoms with Gasteiger partial charge < -0.3 is 0 Å². The van der Waals surface area contributed by atoms with Gasteiger partial charge in [-0.3, -0.25) is 4.98 Å². The SMILES string of the molecule is [C-]#[N+]c1ccc2nccc(C)c2c1. The second kappa shape index (κ2) is 2.87. The molecule has 0 N–H and O–H groups in total. The fourth-order valence-corrected chi connectivity index (χ4v) is 1.34. The number of rotatable bonds is 0. The largest absolute Gasteiger partial charge is 0.256 e. The molecule has 0 aliphatic carbocycles. The van der Waals surface area contributed by atoms with Crippen molar-refractivity contribution in [1.29, 1.82) is 0 Å². The number of hydrogen-bond donors (Lipinski definition) is 0. The first-order valence-corrected chi connectivity index (χ1v) is 4.04. The Morgan fingerprint density at radius 1 is 1.31 bits per heavy atom. The Morgan fingerprint density at radius 3 is 2.92 bits per heavy atom. The summed E-state index contributed by atoms with van der Waals surface area (Å²) in [6.07, 6.45) is 1.79. The normalized spacial score (nSPS) is 9.85. The number of fused-ring (bicyclic) bond motifs is 1. The second-order valence-corrected chi connectivity index (χ2v) is 2.94. The minimum atomic E-state index is 0.670. The van der Waals surface area contributed by atoms with Crippen molar-refractivity contribution in [3.05, 3.63) is 47.4 Å². The molecular weight excluding hydrogens is 160 g/mol. The van der Waals surface area contributed by atoms with Gasteiger partial charge in [0, 0.05) is 6.20 Å². The van der Waals surface area contributed by atoms with Gasteiger partial charge in [-0.2, -0.15) is 0 Å². The fourth-order valence-electron chi connectivity index (χ4n) is 1.34. The van der Waals surface area contributed by atoms with E-state index in [0.29, 0.717) is 5.69 Å². The van der Waals surface area contributed by atoms with Gasteiger partial charge in [0.1, 0.15) is 0 Å². The summed E-state index contributed by atoms with van der Waals surface area (Å²) in [6, 6.07) is 7.51. The van der Waals surface area contributed by atoms with Crippen molar-refractivity contribution in [2.24, 2.45) is 0 Å². The lowest BCUT2D eigenvalue weighted by Gasteiger charge is -2.00. The topological polar surface area (TPSA) is 17.2 Å². The van der Waals surface area contributed by atoms with E-state index in [2.05, 4.69) is 9.83 Å². The van der Waals surface area contributed by atoms with Crippen LogP contribution in [-0.4, -0.2) is 4.98 Å². The lowest BCUT2D eigenvalue weighted by molar-refractivity contribution is 1.37. The zero-order valence-electron chi connectivity index (χ0n) is 7.28. The van der Waals surface area contributed by atoms with Gasteiger partial charge in [-0.05, 0) is 36.1 Å². The highest BCUT2D eigenvalue weighted by atomic mass is 14.7. The van der Waals surface area contributed by atoms with Crippen molar-refractivity contribution in [2.75, 3.05) is 0 Å². The number of benzene rings is 1. The highest BCUT2D eigenvalue weighted by Gasteiger charge is 1.98. The van der Waals surface area contributed by atoms with Crippen molar-refractivity contribution >= 4 is 16.6 Å². The van der Waals surface area contributed by atoms with Gasteiger partial charge in [0.05, 0.1) is 12.1 Å². The third-order valence-corrected chi connectivity index (χ3v) is 2.07. The predicted octanol–water partition coefficient (Wildman–Crippen LogP) is 3.09. The Hall–Kier alpha value is -1.88. The zero-order valence-corrected chi connectivity index (χ0v) is 7.28. The van der Waals surface area contributed by atoms with E-state index in [-0.39, 0.29) is 0 Å². The van der Waals surface area contributed by atoms with Crippen molar-refractivity contribution in [3.8, 4) is 0 Å². The number of hydrogen-bond acceptors (Lipinski definition) is 1. The van der Waals surface area contributed by atoms with Crippen LogP contribution in [0.5, 0.6) is 0 Å². The van der Waals surface area contributed by atoms with Gasteiger partial charge in [0.2, 0.25) is 0 Å². The molecule has 0 saturated carbocycles. The first-order valence-electron chi connectivity index (χ1n) is 4.04. The van der Waals surface area contributed by atoms with Crippen LogP contribution in [0.1, 0.15) is 5.56 Å². The summed E-state index contributed by atoms with van der Waals surface area (Å²) in [5, 5.41) is 1.07. The minimum absolute atomic E-state index is 0.670. The van der Waals surface area contributed by atoms with E-state index in [1.165, 1.54) is 0 Å². The Balaban J connectivity index is 2.84. The molecule has 2 aromatic rings. The summed E-state index contributed by atoms with van der Waals surface area (Å²) in [6.45, 7) is 8.92. The molecule has 13 heavy (non-hydrogen) atoms. The Labute approximate surface area is 76.7 Å². The van der Waals surface area contributed by atoms with E-state index >= 15 is 0 Å². The van der Waals surface area contributed by atoms with Gasteiger partial charge in [0.15, 0.2) is 5.69 Å². The number of aromatic nitrogens is 1. The van der Waals surface area contributed by atoms with Crippen LogP contribution in [0.4, 0.5) is 5.69 Å². The molecule has 0 unspecified atom stereocenters. The second-order valence-electron chi connectivity index (χ2n) is 2.94. The molecule has 0 saturated heterocycles. The maximum atomic E-state index is 6.89. The molecule has 2 heteroatoms. The first-order chi connectivity index (χ1) is 6.31. The zero-order chi connectivity index (χ0) is 9.26. The van der Waals surface area contributed by atoms with Crippen LogP contribution in [0.3, 0.4) is 0 Å². The number of aryl methyl sites for hydroxylation is 1. The molecule has 2 nitrogen and oxygen atoms in total. The van der Waals surface area contributed by atoms with Gasteiger partial charge in [0.25, 0.3) is 0 Å². The average Bonchev–Trinajstić information content (AvgIpc) is 2.18. The molecule has 0 radical (unpaired) electrons. The monoisotopic (exact) mass is 168 g/mol. The van der Waals surface area contributed by atoms with Crippen LogP contribution in [0, 0.1) is 13.5 Å². The summed E-state index contributed by atoms with van der Waals surface area (Å²) in [4.78, 5) is 7.60. The maximum Gasteiger partial charge on any atom is 0.188 e. The molecule has 0 aliphatic heterocycles. The lowest BCUT2D eigenvalue weighted by Crippen LogP contribution is -1.80. The third-order valence-electron chi connectivity index (χ3n) is 2.07. The van der Waals surface area contributed by atoms with Gasteiger partial charge in [-0.15, -0.1) is 0 Å². The van der Waals surface area contributed by atoms with Crippen LogP contribution in [0.25, 0.3) is 15.7 Å². The molecule has 1 aromatic heterocycles. The highest BCUT2D eigenvalue weighted by Crippen LogP contribution is 2.21. The Bertz CT molecular complexity index is 495. The van der Waals surface area contributed by atoms with E-state index in [1.807, 2.05) is 25.1 Å². The summed E-state index contributed by atoms with van der Waals surface area (Å²) < 4.78 is 0. The molecule has 0 bridgehead atoms. The minimum Gasteiger partial charge on any atom is -0.256 e. The summed E-state index contributed by atoms with van der Waals surface area (Å²) in [7, 11) is 0. The van der Waals surface area contributed by atoms with Crippen molar-refractivity contribution in [3.63, 3.8) is 0 Å². The van der Waals surface area contributed by atoms with Crippen molar-refractivity contribution in [2.45, 2.75) is 6.92 Å². The van der Waals surface area contributed by atoms with E-state index in [9.17, 15) is 0 Å². The molecule has 0 amide bonds. The van der Waals surface area contributed by atoms with Crippen molar-refractivity contribution < 1.29 is 0 Å². The molecule has 2 rings (SSSR count). The smallest absolute Gasteiger partial charge is 0.188 e. The van der Waals surface area contributed by atoms with E-state index in [1.54, 1.807) is 12.3 Å². The maximum absolute atomic E-state index is 6.89.